The fourth-order valence-electron chi connectivity index (χ4n) is 1.92. The Kier molecular flexibility index (Phi) is 5.31. The minimum absolute atomic E-state index is 0.0586. The van der Waals surface area contributed by atoms with E-state index >= 15 is 0 Å². The van der Waals surface area contributed by atoms with Crippen LogP contribution in [0.3, 0.4) is 0 Å². The summed E-state index contributed by atoms with van der Waals surface area (Å²) in [6, 6.07) is 0. The zero-order chi connectivity index (χ0) is 12.8. The van der Waals surface area contributed by atoms with Crippen molar-refractivity contribution in [3.8, 4) is 0 Å². The fraction of sp³-hybridized carbons (Fsp3) is 0.667. The molecule has 17 heavy (non-hydrogen) atoms. The Morgan fingerprint density at radius 1 is 1.35 bits per heavy atom. The van der Waals surface area contributed by atoms with Gasteiger partial charge in [0.25, 0.3) is 0 Å². The van der Waals surface area contributed by atoms with Crippen LogP contribution < -0.4 is 11.3 Å². The lowest BCUT2D eigenvalue weighted by atomic mass is 10.1. The molecule has 0 saturated carbocycles. The highest BCUT2D eigenvalue weighted by Gasteiger charge is 2.16. The number of anilines is 1. The maximum Gasteiger partial charge on any atom is 0.159 e. The highest BCUT2D eigenvalue weighted by Crippen LogP contribution is 2.23. The zero-order valence-electron chi connectivity index (χ0n) is 11.1. The molecule has 1 heterocycles. The van der Waals surface area contributed by atoms with Gasteiger partial charge in [0.05, 0.1) is 0 Å². The average molecular weight is 238 g/mol. The van der Waals surface area contributed by atoms with Gasteiger partial charge < -0.3 is 10.2 Å². The van der Waals surface area contributed by atoms with Crippen LogP contribution in [-0.4, -0.2) is 17.1 Å². The van der Waals surface area contributed by atoms with Crippen LogP contribution in [0.4, 0.5) is 5.82 Å². The van der Waals surface area contributed by atoms with Crippen molar-refractivity contribution < 1.29 is 4.74 Å². The Morgan fingerprint density at radius 3 is 2.53 bits per heavy atom. The predicted octanol–water partition coefficient (Wildman–Crippen LogP) is 2.12. The van der Waals surface area contributed by atoms with Crippen molar-refractivity contribution in [1.82, 2.24) is 9.97 Å². The smallest absolute Gasteiger partial charge is 0.159 e. The summed E-state index contributed by atoms with van der Waals surface area (Å²) >= 11 is 0. The van der Waals surface area contributed by atoms with E-state index in [1.807, 2.05) is 6.92 Å². The van der Waals surface area contributed by atoms with Gasteiger partial charge in [-0.1, -0.05) is 20.3 Å². The van der Waals surface area contributed by atoms with E-state index in [2.05, 4.69) is 29.2 Å². The molecule has 1 unspecified atom stereocenters. The van der Waals surface area contributed by atoms with Crippen LogP contribution in [0.5, 0.6) is 0 Å². The summed E-state index contributed by atoms with van der Waals surface area (Å²) in [6.45, 7) is 6.15. The molecule has 0 aromatic carbocycles. The van der Waals surface area contributed by atoms with E-state index in [9.17, 15) is 0 Å². The Labute approximate surface area is 103 Å². The van der Waals surface area contributed by atoms with Crippen molar-refractivity contribution in [3.63, 3.8) is 0 Å². The molecule has 0 saturated heterocycles. The molecule has 0 bridgehead atoms. The van der Waals surface area contributed by atoms with Crippen LogP contribution in [0.2, 0.25) is 0 Å². The molecule has 1 atom stereocenters. The molecule has 3 N–H and O–H groups in total. The first-order chi connectivity index (χ1) is 8.17. The quantitative estimate of drug-likeness (QED) is 0.586. The lowest BCUT2D eigenvalue weighted by Crippen LogP contribution is -2.16. The predicted molar refractivity (Wildman–Crippen MR) is 68.6 cm³/mol. The third kappa shape index (κ3) is 3.14. The topological polar surface area (TPSA) is 73.1 Å². The molecule has 0 fully saturated rings. The summed E-state index contributed by atoms with van der Waals surface area (Å²) in [6.07, 6.45) is 2.74. The summed E-state index contributed by atoms with van der Waals surface area (Å²) in [4.78, 5) is 8.95. The first-order valence-electron chi connectivity index (χ1n) is 6.04. The standard InChI is InChI=1S/C12H22N4O/c1-5-7-10(17-4)12-14-8(3)9(6-2)11(15-12)16-13/h10H,5-7,13H2,1-4H3,(H,14,15,16). The van der Waals surface area contributed by atoms with Crippen LogP contribution in [-0.2, 0) is 11.2 Å². The summed E-state index contributed by atoms with van der Waals surface area (Å²) in [5.41, 5.74) is 4.66. The van der Waals surface area contributed by atoms with Gasteiger partial charge in [-0.15, -0.1) is 0 Å². The number of nitrogens with zero attached hydrogens (tertiary/aromatic N) is 2. The average Bonchev–Trinajstić information content (AvgIpc) is 2.34. The molecule has 0 aliphatic heterocycles. The van der Waals surface area contributed by atoms with Crippen molar-refractivity contribution in [2.45, 2.75) is 46.1 Å². The first kappa shape index (κ1) is 13.9. The highest BCUT2D eigenvalue weighted by atomic mass is 16.5. The molecule has 0 aliphatic rings. The molecule has 0 spiro atoms. The number of hydrogen-bond donors (Lipinski definition) is 2. The van der Waals surface area contributed by atoms with Gasteiger partial charge in [-0.3, -0.25) is 0 Å². The number of nitrogen functional groups attached to an aromatic ring is 1. The van der Waals surface area contributed by atoms with Crippen molar-refractivity contribution >= 4 is 5.82 Å². The molecule has 5 nitrogen and oxygen atoms in total. The van der Waals surface area contributed by atoms with Gasteiger partial charge in [-0.05, 0) is 19.8 Å². The minimum atomic E-state index is -0.0586. The van der Waals surface area contributed by atoms with Gasteiger partial charge in [0.15, 0.2) is 5.82 Å². The normalized spacial score (nSPS) is 12.5. The molecule has 96 valence electrons. The number of ether oxygens (including phenoxy) is 1. The van der Waals surface area contributed by atoms with E-state index in [4.69, 9.17) is 10.6 Å². The molecular formula is C12H22N4O. The van der Waals surface area contributed by atoms with E-state index < -0.39 is 0 Å². The third-order valence-electron chi connectivity index (χ3n) is 2.84. The molecule has 1 aromatic heterocycles. The zero-order valence-corrected chi connectivity index (χ0v) is 11.1. The van der Waals surface area contributed by atoms with Gasteiger partial charge in [-0.2, -0.15) is 0 Å². The number of hydrazine groups is 1. The van der Waals surface area contributed by atoms with Crippen LogP contribution in [0.15, 0.2) is 0 Å². The fourth-order valence-corrected chi connectivity index (χ4v) is 1.92. The Balaban J connectivity index is 3.13. The van der Waals surface area contributed by atoms with E-state index in [-0.39, 0.29) is 6.10 Å². The largest absolute Gasteiger partial charge is 0.373 e. The van der Waals surface area contributed by atoms with E-state index in [1.54, 1.807) is 7.11 Å². The van der Waals surface area contributed by atoms with Crippen LogP contribution in [0.25, 0.3) is 0 Å². The van der Waals surface area contributed by atoms with Gasteiger partial charge in [0.2, 0.25) is 0 Å². The van der Waals surface area contributed by atoms with Gasteiger partial charge in [-0.25, -0.2) is 15.8 Å². The van der Waals surface area contributed by atoms with Gasteiger partial charge >= 0.3 is 0 Å². The molecule has 1 aromatic rings. The lowest BCUT2D eigenvalue weighted by molar-refractivity contribution is 0.0875. The van der Waals surface area contributed by atoms with E-state index in [1.165, 1.54) is 0 Å². The highest BCUT2D eigenvalue weighted by molar-refractivity contribution is 5.45. The van der Waals surface area contributed by atoms with Crippen molar-refractivity contribution in [1.29, 1.82) is 0 Å². The Bertz CT molecular complexity index is 368. The van der Waals surface area contributed by atoms with E-state index in [0.29, 0.717) is 11.6 Å². The minimum Gasteiger partial charge on any atom is -0.373 e. The number of nitrogens with one attached hydrogen (secondary N) is 1. The summed E-state index contributed by atoms with van der Waals surface area (Å²) in [5.74, 6) is 6.91. The number of nitrogens with two attached hydrogens (primary N) is 1. The van der Waals surface area contributed by atoms with Crippen LogP contribution in [0, 0.1) is 6.92 Å². The Morgan fingerprint density at radius 2 is 2.06 bits per heavy atom. The van der Waals surface area contributed by atoms with Crippen molar-refractivity contribution in [2.75, 3.05) is 12.5 Å². The number of aromatic nitrogens is 2. The Hall–Kier alpha value is -1.20. The molecule has 0 radical (unpaired) electrons. The second kappa shape index (κ2) is 6.51. The monoisotopic (exact) mass is 238 g/mol. The second-order valence-electron chi connectivity index (χ2n) is 4.01. The molecule has 1 rings (SSSR count). The number of methoxy groups -OCH3 is 1. The van der Waals surface area contributed by atoms with Crippen LogP contribution in [0.1, 0.15) is 49.9 Å². The number of hydrogen-bond acceptors (Lipinski definition) is 5. The van der Waals surface area contributed by atoms with Crippen LogP contribution >= 0.6 is 0 Å². The SMILES string of the molecule is CCCC(OC)c1nc(C)c(CC)c(NN)n1. The third-order valence-corrected chi connectivity index (χ3v) is 2.84. The van der Waals surface area contributed by atoms with Gasteiger partial charge in [0, 0.05) is 18.4 Å². The van der Waals surface area contributed by atoms with Gasteiger partial charge in [0.1, 0.15) is 11.9 Å². The lowest BCUT2D eigenvalue weighted by Gasteiger charge is -2.16. The molecule has 0 aliphatic carbocycles. The molecule has 5 heteroatoms. The van der Waals surface area contributed by atoms with Crippen molar-refractivity contribution in [3.05, 3.63) is 17.1 Å². The van der Waals surface area contributed by atoms with Crippen molar-refractivity contribution in [2.24, 2.45) is 5.84 Å². The summed E-state index contributed by atoms with van der Waals surface area (Å²) < 4.78 is 5.41. The number of rotatable bonds is 6. The first-order valence-corrected chi connectivity index (χ1v) is 6.04. The molecule has 0 amide bonds. The summed E-state index contributed by atoms with van der Waals surface area (Å²) in [5, 5.41) is 0. The maximum absolute atomic E-state index is 5.50. The maximum atomic E-state index is 5.50. The number of aryl methyl sites for hydroxylation is 1. The second-order valence-corrected chi connectivity index (χ2v) is 4.01. The van der Waals surface area contributed by atoms with E-state index in [0.717, 1.165) is 30.5 Å². The summed E-state index contributed by atoms with van der Waals surface area (Å²) in [7, 11) is 1.68. The molecular weight excluding hydrogens is 216 g/mol.